The van der Waals surface area contributed by atoms with E-state index < -0.39 is 0 Å². The van der Waals surface area contributed by atoms with Crippen LogP contribution >= 0.6 is 0 Å². The fraction of sp³-hybridized carbons (Fsp3) is 0.750. The lowest BCUT2D eigenvalue weighted by Crippen LogP contribution is -2.26. The zero-order chi connectivity index (χ0) is 7.72. The van der Waals surface area contributed by atoms with E-state index in [4.69, 9.17) is 9.47 Å². The van der Waals surface area contributed by atoms with Crippen LogP contribution in [0.4, 0.5) is 0 Å². The number of allylic oxidation sites excluding steroid dienone is 1. The van der Waals surface area contributed by atoms with Gasteiger partial charge in [0.15, 0.2) is 6.29 Å². The zero-order valence-corrected chi connectivity index (χ0v) is 6.97. The Kier molecular flexibility index (Phi) is 2.00. The Balaban J connectivity index is 2.74. The van der Waals surface area contributed by atoms with Gasteiger partial charge in [-0.15, -0.1) is 0 Å². The van der Waals surface area contributed by atoms with Crippen LogP contribution in [0.1, 0.15) is 27.7 Å². The summed E-state index contributed by atoms with van der Waals surface area (Å²) in [5.41, 5.74) is 1.19. The molecule has 0 radical (unpaired) electrons. The molecule has 0 aromatic heterocycles. The van der Waals surface area contributed by atoms with E-state index >= 15 is 0 Å². The minimum atomic E-state index is -0.0845. The summed E-state index contributed by atoms with van der Waals surface area (Å²) in [4.78, 5) is 0. The van der Waals surface area contributed by atoms with Gasteiger partial charge in [0.1, 0.15) is 0 Å². The standard InChI is InChI=1S/C8H14O2/c1-5-6(2)9-8(4)10-7(5)3/h6,8H,1-4H3. The molecule has 0 N–H and O–H groups in total. The van der Waals surface area contributed by atoms with Crippen molar-refractivity contribution < 1.29 is 9.47 Å². The van der Waals surface area contributed by atoms with Crippen LogP contribution in [0.2, 0.25) is 0 Å². The lowest BCUT2D eigenvalue weighted by atomic mass is 10.1. The highest BCUT2D eigenvalue weighted by Gasteiger charge is 2.19. The van der Waals surface area contributed by atoms with Crippen LogP contribution in [0.5, 0.6) is 0 Å². The number of ether oxygens (including phenoxy) is 2. The summed E-state index contributed by atoms with van der Waals surface area (Å²) in [7, 11) is 0. The van der Waals surface area contributed by atoms with Gasteiger partial charge in [0.2, 0.25) is 0 Å². The minimum Gasteiger partial charge on any atom is -0.470 e. The highest BCUT2D eigenvalue weighted by Crippen LogP contribution is 2.21. The molecule has 1 rings (SSSR count). The zero-order valence-electron chi connectivity index (χ0n) is 6.97. The molecule has 1 heterocycles. The predicted molar refractivity (Wildman–Crippen MR) is 39.5 cm³/mol. The van der Waals surface area contributed by atoms with Gasteiger partial charge in [0, 0.05) is 0 Å². The van der Waals surface area contributed by atoms with Crippen LogP contribution < -0.4 is 0 Å². The van der Waals surface area contributed by atoms with Crippen molar-refractivity contribution >= 4 is 0 Å². The van der Waals surface area contributed by atoms with E-state index in [2.05, 4.69) is 0 Å². The van der Waals surface area contributed by atoms with Gasteiger partial charge in [-0.05, 0) is 33.3 Å². The summed E-state index contributed by atoms with van der Waals surface area (Å²) in [6.07, 6.45) is 0.127. The minimum absolute atomic E-state index is 0.0845. The van der Waals surface area contributed by atoms with Crippen molar-refractivity contribution in [2.45, 2.75) is 40.1 Å². The molecule has 0 amide bonds. The molecule has 0 aromatic carbocycles. The average molecular weight is 142 g/mol. The highest BCUT2D eigenvalue weighted by atomic mass is 16.7. The van der Waals surface area contributed by atoms with E-state index in [1.54, 1.807) is 0 Å². The second kappa shape index (κ2) is 2.62. The quantitative estimate of drug-likeness (QED) is 0.515. The third-order valence-electron chi connectivity index (χ3n) is 1.90. The van der Waals surface area contributed by atoms with Crippen LogP contribution in [0.3, 0.4) is 0 Å². The van der Waals surface area contributed by atoms with Gasteiger partial charge in [-0.1, -0.05) is 0 Å². The molecule has 0 fully saturated rings. The lowest BCUT2D eigenvalue weighted by Gasteiger charge is -2.28. The molecule has 0 saturated heterocycles. The van der Waals surface area contributed by atoms with Crippen LogP contribution in [0.15, 0.2) is 11.3 Å². The fourth-order valence-electron chi connectivity index (χ4n) is 1.05. The average Bonchev–Trinajstić information content (AvgIpc) is 1.82. The van der Waals surface area contributed by atoms with Crippen LogP contribution in [-0.4, -0.2) is 12.4 Å². The van der Waals surface area contributed by atoms with Crippen LogP contribution in [0, 0.1) is 0 Å². The Bertz CT molecular complexity index is 161. The molecule has 58 valence electrons. The summed E-state index contributed by atoms with van der Waals surface area (Å²) in [5, 5.41) is 0. The number of rotatable bonds is 0. The van der Waals surface area contributed by atoms with E-state index in [-0.39, 0.29) is 12.4 Å². The summed E-state index contributed by atoms with van der Waals surface area (Å²) in [5.74, 6) is 1.01. The SMILES string of the molecule is CC1=C(C)C(C)OC(C)O1. The maximum Gasteiger partial charge on any atom is 0.197 e. The van der Waals surface area contributed by atoms with Gasteiger partial charge in [0.05, 0.1) is 11.9 Å². The normalized spacial score (nSPS) is 34.0. The Morgan fingerprint density at radius 1 is 1.20 bits per heavy atom. The smallest absolute Gasteiger partial charge is 0.197 e. The molecule has 0 aromatic rings. The van der Waals surface area contributed by atoms with E-state index in [0.717, 1.165) is 5.76 Å². The first-order valence-corrected chi connectivity index (χ1v) is 3.60. The molecular formula is C8H14O2. The maximum absolute atomic E-state index is 5.39. The first-order valence-electron chi connectivity index (χ1n) is 3.60. The molecule has 2 unspecified atom stereocenters. The van der Waals surface area contributed by atoms with Gasteiger partial charge in [0.25, 0.3) is 0 Å². The second-order valence-electron chi connectivity index (χ2n) is 2.70. The largest absolute Gasteiger partial charge is 0.470 e. The predicted octanol–water partition coefficient (Wildman–Crippen LogP) is 2.06. The van der Waals surface area contributed by atoms with Crippen molar-refractivity contribution in [1.29, 1.82) is 0 Å². The Labute approximate surface area is 61.8 Å². The van der Waals surface area contributed by atoms with Gasteiger partial charge < -0.3 is 9.47 Å². The molecule has 2 heteroatoms. The van der Waals surface area contributed by atoms with Gasteiger partial charge >= 0.3 is 0 Å². The van der Waals surface area contributed by atoms with Crippen molar-refractivity contribution in [3.05, 3.63) is 11.3 Å². The molecule has 1 aliphatic heterocycles. The molecule has 1 aliphatic rings. The topological polar surface area (TPSA) is 18.5 Å². The first-order chi connectivity index (χ1) is 4.61. The second-order valence-corrected chi connectivity index (χ2v) is 2.70. The lowest BCUT2D eigenvalue weighted by molar-refractivity contribution is -0.142. The Hall–Kier alpha value is -0.500. The van der Waals surface area contributed by atoms with Crippen LogP contribution in [0.25, 0.3) is 0 Å². The molecule has 2 atom stereocenters. The van der Waals surface area contributed by atoms with Crippen molar-refractivity contribution in [3.8, 4) is 0 Å². The molecule has 10 heavy (non-hydrogen) atoms. The van der Waals surface area contributed by atoms with Gasteiger partial charge in [-0.3, -0.25) is 0 Å². The molecule has 0 aliphatic carbocycles. The van der Waals surface area contributed by atoms with Gasteiger partial charge in [-0.25, -0.2) is 0 Å². The molecule has 2 nitrogen and oxygen atoms in total. The molecule has 0 spiro atoms. The third kappa shape index (κ3) is 1.32. The summed E-state index contributed by atoms with van der Waals surface area (Å²) in [6.45, 7) is 7.96. The third-order valence-corrected chi connectivity index (χ3v) is 1.90. The van der Waals surface area contributed by atoms with E-state index in [9.17, 15) is 0 Å². The van der Waals surface area contributed by atoms with E-state index in [0.29, 0.717) is 0 Å². The monoisotopic (exact) mass is 142 g/mol. The Morgan fingerprint density at radius 2 is 1.80 bits per heavy atom. The maximum atomic E-state index is 5.39. The summed E-state index contributed by atoms with van der Waals surface area (Å²) in [6, 6.07) is 0. The summed E-state index contributed by atoms with van der Waals surface area (Å²) < 4.78 is 10.7. The van der Waals surface area contributed by atoms with Crippen molar-refractivity contribution in [3.63, 3.8) is 0 Å². The van der Waals surface area contributed by atoms with Crippen molar-refractivity contribution in [2.75, 3.05) is 0 Å². The molecule has 0 saturated carbocycles. The summed E-state index contributed by atoms with van der Waals surface area (Å²) >= 11 is 0. The number of hydrogen-bond acceptors (Lipinski definition) is 2. The van der Waals surface area contributed by atoms with Crippen molar-refractivity contribution in [2.24, 2.45) is 0 Å². The Morgan fingerprint density at radius 3 is 2.30 bits per heavy atom. The first kappa shape index (κ1) is 7.61. The van der Waals surface area contributed by atoms with Gasteiger partial charge in [-0.2, -0.15) is 0 Å². The van der Waals surface area contributed by atoms with E-state index in [1.807, 2.05) is 27.7 Å². The molecule has 0 bridgehead atoms. The highest BCUT2D eigenvalue weighted by molar-refractivity contribution is 5.09. The molecular weight excluding hydrogens is 128 g/mol. The van der Waals surface area contributed by atoms with Crippen LogP contribution in [-0.2, 0) is 9.47 Å². The number of hydrogen-bond donors (Lipinski definition) is 0. The van der Waals surface area contributed by atoms with E-state index in [1.165, 1.54) is 5.57 Å². The van der Waals surface area contributed by atoms with Crippen molar-refractivity contribution in [1.82, 2.24) is 0 Å². The fourth-order valence-corrected chi connectivity index (χ4v) is 1.05.